The molecule has 3 heterocycles. The number of hydrogen-bond acceptors (Lipinski definition) is 6. The molecule has 3 aliphatic heterocycles. The molecule has 2 aromatic carbocycles. The SMILES string of the molecule is CCN(CC)c1ccc(NC(=O)C2N([C@H](CO)c3ccccc3)C(=O)[C@@H]3[C@@H](C(=O)NC)[C@H]4CC(C)C23S4)cc1. The molecular weight excluding hydrogens is 512 g/mol. The van der Waals surface area contributed by atoms with Gasteiger partial charge in [0.05, 0.1) is 29.2 Å². The van der Waals surface area contributed by atoms with Gasteiger partial charge < -0.3 is 25.5 Å². The van der Waals surface area contributed by atoms with Crippen LogP contribution in [0.4, 0.5) is 11.4 Å². The first-order valence-corrected chi connectivity index (χ1v) is 14.7. The Bertz CT molecular complexity index is 1220. The highest BCUT2D eigenvalue weighted by Crippen LogP contribution is 2.69. The number of aliphatic hydroxyl groups is 1. The topological polar surface area (TPSA) is 102 Å². The van der Waals surface area contributed by atoms with E-state index in [1.165, 1.54) is 0 Å². The molecule has 2 bridgehead atoms. The summed E-state index contributed by atoms with van der Waals surface area (Å²) >= 11 is 1.63. The fraction of sp³-hybridized carbons (Fsp3) is 0.500. The minimum absolute atomic E-state index is 0.0241. The van der Waals surface area contributed by atoms with Gasteiger partial charge in [-0.3, -0.25) is 14.4 Å². The van der Waals surface area contributed by atoms with Gasteiger partial charge in [-0.15, -0.1) is 11.8 Å². The smallest absolute Gasteiger partial charge is 0.248 e. The van der Waals surface area contributed by atoms with E-state index in [9.17, 15) is 19.5 Å². The van der Waals surface area contributed by atoms with Crippen molar-refractivity contribution in [3.8, 4) is 0 Å². The summed E-state index contributed by atoms with van der Waals surface area (Å²) in [4.78, 5) is 45.4. The summed E-state index contributed by atoms with van der Waals surface area (Å²) in [6.45, 7) is 7.74. The van der Waals surface area contributed by atoms with Crippen LogP contribution in [0.1, 0.15) is 38.8 Å². The molecule has 5 rings (SSSR count). The van der Waals surface area contributed by atoms with Crippen molar-refractivity contribution in [3.05, 3.63) is 60.2 Å². The van der Waals surface area contributed by atoms with Crippen LogP contribution in [0.5, 0.6) is 0 Å². The summed E-state index contributed by atoms with van der Waals surface area (Å²) < 4.78 is -0.758. The third-order valence-corrected chi connectivity index (χ3v) is 11.0. The van der Waals surface area contributed by atoms with Crippen molar-refractivity contribution in [3.63, 3.8) is 0 Å². The van der Waals surface area contributed by atoms with Crippen LogP contribution >= 0.6 is 11.8 Å². The molecule has 39 heavy (non-hydrogen) atoms. The summed E-state index contributed by atoms with van der Waals surface area (Å²) in [5.41, 5.74) is 2.48. The van der Waals surface area contributed by atoms with E-state index in [1.807, 2.05) is 54.6 Å². The van der Waals surface area contributed by atoms with Gasteiger partial charge in [0.2, 0.25) is 17.7 Å². The van der Waals surface area contributed by atoms with Gasteiger partial charge in [-0.1, -0.05) is 37.3 Å². The van der Waals surface area contributed by atoms with Gasteiger partial charge in [0, 0.05) is 36.8 Å². The molecule has 3 N–H and O–H groups in total. The van der Waals surface area contributed by atoms with Crippen LogP contribution in [0, 0.1) is 17.8 Å². The van der Waals surface area contributed by atoms with Gasteiger partial charge in [0.1, 0.15) is 6.04 Å². The minimum atomic E-state index is -0.838. The molecule has 3 amide bonds. The summed E-state index contributed by atoms with van der Waals surface area (Å²) in [5.74, 6) is -1.77. The Labute approximate surface area is 234 Å². The van der Waals surface area contributed by atoms with Gasteiger partial charge in [-0.2, -0.15) is 0 Å². The highest BCUT2D eigenvalue weighted by molar-refractivity contribution is 8.02. The normalized spacial score (nSPS) is 29.7. The van der Waals surface area contributed by atoms with Gasteiger partial charge in [-0.05, 0) is 56.0 Å². The number of rotatable bonds is 9. The lowest BCUT2D eigenvalue weighted by atomic mass is 9.66. The molecule has 0 radical (unpaired) electrons. The Morgan fingerprint density at radius 2 is 1.77 bits per heavy atom. The number of nitrogens with one attached hydrogen (secondary N) is 2. The fourth-order valence-electron chi connectivity index (χ4n) is 7.15. The quantitative estimate of drug-likeness (QED) is 0.443. The first-order valence-electron chi connectivity index (χ1n) is 13.9. The summed E-state index contributed by atoms with van der Waals surface area (Å²) in [6.07, 6.45) is 0.762. The maximum absolute atomic E-state index is 14.3. The number of anilines is 2. The Balaban J connectivity index is 1.55. The number of amides is 3. The Kier molecular flexibility index (Phi) is 7.66. The van der Waals surface area contributed by atoms with Gasteiger partial charge in [0.25, 0.3) is 0 Å². The number of aliphatic hydroxyl groups excluding tert-OH is 1. The Hall–Kier alpha value is -3.04. The molecule has 7 atom stereocenters. The van der Waals surface area contributed by atoms with E-state index in [0.29, 0.717) is 5.69 Å². The summed E-state index contributed by atoms with van der Waals surface area (Å²) in [6, 6.07) is 15.5. The Morgan fingerprint density at radius 3 is 2.36 bits per heavy atom. The van der Waals surface area contributed by atoms with Crippen molar-refractivity contribution in [2.24, 2.45) is 17.8 Å². The maximum Gasteiger partial charge on any atom is 0.248 e. The van der Waals surface area contributed by atoms with Crippen LogP contribution in [0.3, 0.4) is 0 Å². The number of carbonyl (C=O) groups is 3. The van der Waals surface area contributed by atoms with E-state index >= 15 is 0 Å². The average molecular weight is 551 g/mol. The molecule has 3 saturated heterocycles. The van der Waals surface area contributed by atoms with Crippen LogP contribution in [-0.4, -0.2) is 70.5 Å². The molecule has 208 valence electrons. The third-order valence-electron chi connectivity index (χ3n) is 8.94. The first kappa shape index (κ1) is 27.5. The van der Waals surface area contributed by atoms with E-state index < -0.39 is 28.7 Å². The zero-order chi connectivity index (χ0) is 27.9. The number of nitrogens with zero attached hydrogens (tertiary/aromatic N) is 2. The van der Waals surface area contributed by atoms with E-state index in [4.69, 9.17) is 0 Å². The summed E-state index contributed by atoms with van der Waals surface area (Å²) in [5, 5.41) is 16.4. The van der Waals surface area contributed by atoms with Crippen molar-refractivity contribution < 1.29 is 19.5 Å². The molecule has 9 heteroatoms. The van der Waals surface area contributed by atoms with Crippen LogP contribution in [0.2, 0.25) is 0 Å². The second kappa shape index (κ2) is 10.8. The number of carbonyl (C=O) groups excluding carboxylic acids is 3. The molecule has 0 aromatic heterocycles. The molecule has 3 aliphatic rings. The van der Waals surface area contributed by atoms with Gasteiger partial charge >= 0.3 is 0 Å². The van der Waals surface area contributed by atoms with E-state index in [-0.39, 0.29) is 35.5 Å². The number of fused-ring (bicyclic) bond motifs is 1. The summed E-state index contributed by atoms with van der Waals surface area (Å²) in [7, 11) is 1.60. The number of thioether (sulfide) groups is 1. The van der Waals surface area contributed by atoms with Crippen molar-refractivity contribution >= 4 is 40.9 Å². The fourth-order valence-corrected chi connectivity index (χ4v) is 9.55. The first-order chi connectivity index (χ1) is 18.8. The highest BCUT2D eigenvalue weighted by Gasteiger charge is 2.76. The predicted molar refractivity (Wildman–Crippen MR) is 154 cm³/mol. The van der Waals surface area contributed by atoms with E-state index in [2.05, 4.69) is 36.3 Å². The van der Waals surface area contributed by atoms with Crippen molar-refractivity contribution in [1.29, 1.82) is 0 Å². The number of benzene rings is 2. The second-order valence-corrected chi connectivity index (χ2v) is 12.3. The molecule has 8 nitrogen and oxygen atoms in total. The lowest BCUT2D eigenvalue weighted by Gasteiger charge is -2.40. The van der Waals surface area contributed by atoms with Crippen molar-refractivity contribution in [2.75, 3.05) is 37.0 Å². The van der Waals surface area contributed by atoms with Crippen LogP contribution in [0.25, 0.3) is 0 Å². The number of hydrogen-bond donors (Lipinski definition) is 3. The largest absolute Gasteiger partial charge is 0.394 e. The van der Waals surface area contributed by atoms with Crippen LogP contribution in [-0.2, 0) is 14.4 Å². The van der Waals surface area contributed by atoms with Crippen LogP contribution < -0.4 is 15.5 Å². The van der Waals surface area contributed by atoms with E-state index in [1.54, 1.807) is 23.7 Å². The van der Waals surface area contributed by atoms with Gasteiger partial charge in [0.15, 0.2) is 0 Å². The lowest BCUT2D eigenvalue weighted by molar-refractivity contribution is -0.142. The zero-order valence-corrected chi connectivity index (χ0v) is 23.8. The maximum atomic E-state index is 14.3. The minimum Gasteiger partial charge on any atom is -0.394 e. The lowest BCUT2D eigenvalue weighted by Crippen LogP contribution is -2.55. The van der Waals surface area contributed by atoms with Crippen LogP contribution in [0.15, 0.2) is 54.6 Å². The standard InChI is InChI=1S/C30H38N4O4S/c1-5-33(6-2)21-14-12-20(13-15-21)32-28(37)26-30-18(3)16-23(39-30)24(27(36)31-4)25(30)29(38)34(26)22(17-35)19-10-8-7-9-11-19/h7-15,18,22-26,35H,5-6,16-17H2,1-4H3,(H,31,36)(H,32,37)/t18?,22-,23-,24+,25+,26?,30?/m1/s1. The highest BCUT2D eigenvalue weighted by atomic mass is 32.2. The molecule has 0 saturated carbocycles. The molecule has 0 aliphatic carbocycles. The van der Waals surface area contributed by atoms with Crippen molar-refractivity contribution in [1.82, 2.24) is 10.2 Å². The van der Waals surface area contributed by atoms with Crippen molar-refractivity contribution in [2.45, 2.75) is 49.3 Å². The number of likely N-dealkylation sites (tertiary alicyclic amines) is 1. The molecule has 2 aromatic rings. The van der Waals surface area contributed by atoms with E-state index in [0.717, 1.165) is 30.8 Å². The zero-order valence-electron chi connectivity index (χ0n) is 23.0. The Morgan fingerprint density at radius 1 is 1.10 bits per heavy atom. The molecular formula is C30H38N4O4S. The second-order valence-electron chi connectivity index (χ2n) is 10.7. The predicted octanol–water partition coefficient (Wildman–Crippen LogP) is 3.29. The third kappa shape index (κ3) is 4.30. The van der Waals surface area contributed by atoms with Gasteiger partial charge in [-0.25, -0.2) is 0 Å². The molecule has 3 fully saturated rings. The monoisotopic (exact) mass is 550 g/mol. The molecule has 1 spiro atoms. The average Bonchev–Trinajstić information content (AvgIpc) is 3.55. The molecule has 3 unspecified atom stereocenters.